The van der Waals surface area contributed by atoms with Crippen LogP contribution in [-0.4, -0.2) is 29.5 Å². The summed E-state index contributed by atoms with van der Waals surface area (Å²) in [7, 11) is 0. The minimum atomic E-state index is -4.50. The molecule has 0 saturated heterocycles. The molecule has 0 bridgehead atoms. The van der Waals surface area contributed by atoms with Gasteiger partial charge in [0.05, 0.1) is 12.2 Å². The standard InChI is InChI=1S/C10H11F3O3/c11-10(12,13)8-3-1-2-4-9(8)16-6-7(15)5-14/h1-4,7,14-15H,5-6H2. The number of para-hydroxylation sites is 1. The summed E-state index contributed by atoms with van der Waals surface area (Å²) in [4.78, 5) is 0. The van der Waals surface area contributed by atoms with Crippen molar-refractivity contribution >= 4 is 0 Å². The largest absolute Gasteiger partial charge is 0.490 e. The first kappa shape index (κ1) is 12.8. The Morgan fingerprint density at radius 1 is 1.25 bits per heavy atom. The Bertz CT molecular complexity index is 338. The van der Waals surface area contributed by atoms with E-state index in [-0.39, 0.29) is 12.4 Å². The van der Waals surface area contributed by atoms with Crippen molar-refractivity contribution in [3.05, 3.63) is 29.8 Å². The van der Waals surface area contributed by atoms with E-state index in [2.05, 4.69) is 0 Å². The molecule has 0 fully saturated rings. The van der Waals surface area contributed by atoms with E-state index in [1.165, 1.54) is 12.1 Å². The zero-order valence-corrected chi connectivity index (χ0v) is 8.24. The molecule has 0 amide bonds. The maximum atomic E-state index is 12.5. The highest BCUT2D eigenvalue weighted by molar-refractivity contribution is 5.35. The summed E-state index contributed by atoms with van der Waals surface area (Å²) >= 11 is 0. The molecule has 1 atom stereocenters. The predicted octanol–water partition coefficient (Wildman–Crippen LogP) is 1.44. The number of ether oxygens (including phenoxy) is 1. The third-order valence-electron chi connectivity index (χ3n) is 1.83. The van der Waals surface area contributed by atoms with Crippen LogP contribution in [0.25, 0.3) is 0 Å². The summed E-state index contributed by atoms with van der Waals surface area (Å²) in [6, 6.07) is 4.70. The van der Waals surface area contributed by atoms with Crippen molar-refractivity contribution in [3.63, 3.8) is 0 Å². The molecule has 0 aromatic heterocycles. The molecule has 0 aliphatic rings. The van der Waals surface area contributed by atoms with Crippen LogP contribution in [0.3, 0.4) is 0 Å². The summed E-state index contributed by atoms with van der Waals surface area (Å²) in [6.45, 7) is -0.947. The fourth-order valence-corrected chi connectivity index (χ4v) is 1.07. The van der Waals surface area contributed by atoms with E-state index in [0.29, 0.717) is 0 Å². The third kappa shape index (κ3) is 3.39. The molecule has 0 heterocycles. The molecule has 2 N–H and O–H groups in total. The lowest BCUT2D eigenvalue weighted by Crippen LogP contribution is -2.22. The molecular formula is C10H11F3O3. The molecule has 0 spiro atoms. The summed E-state index contributed by atoms with van der Waals surface area (Å²) in [5.74, 6) is -0.359. The first-order valence-electron chi connectivity index (χ1n) is 4.53. The summed E-state index contributed by atoms with van der Waals surface area (Å²) in [6.07, 6.45) is -5.69. The lowest BCUT2D eigenvalue weighted by molar-refractivity contribution is -0.139. The minimum Gasteiger partial charge on any atom is -0.490 e. The van der Waals surface area contributed by atoms with Gasteiger partial charge < -0.3 is 14.9 Å². The maximum Gasteiger partial charge on any atom is 0.419 e. The second-order valence-electron chi connectivity index (χ2n) is 3.14. The predicted molar refractivity (Wildman–Crippen MR) is 50.0 cm³/mol. The maximum absolute atomic E-state index is 12.5. The number of aliphatic hydroxyl groups excluding tert-OH is 2. The number of benzene rings is 1. The lowest BCUT2D eigenvalue weighted by atomic mass is 10.2. The smallest absolute Gasteiger partial charge is 0.419 e. The molecule has 1 aromatic rings. The molecule has 0 saturated carbocycles. The fourth-order valence-electron chi connectivity index (χ4n) is 1.07. The first-order chi connectivity index (χ1) is 7.45. The van der Waals surface area contributed by atoms with Gasteiger partial charge in [-0.1, -0.05) is 12.1 Å². The van der Waals surface area contributed by atoms with E-state index >= 15 is 0 Å². The van der Waals surface area contributed by atoms with E-state index < -0.39 is 24.5 Å². The van der Waals surface area contributed by atoms with Crippen molar-refractivity contribution in [3.8, 4) is 5.75 Å². The lowest BCUT2D eigenvalue weighted by Gasteiger charge is -2.15. The Hall–Kier alpha value is -1.27. The van der Waals surface area contributed by atoms with Crippen molar-refractivity contribution in [1.82, 2.24) is 0 Å². The molecule has 1 aromatic carbocycles. The number of aliphatic hydroxyl groups is 2. The SMILES string of the molecule is OCC(O)COc1ccccc1C(F)(F)F. The minimum absolute atomic E-state index is 0.359. The van der Waals surface area contributed by atoms with E-state index in [1.807, 2.05) is 0 Å². The molecule has 16 heavy (non-hydrogen) atoms. The Morgan fingerprint density at radius 2 is 1.88 bits per heavy atom. The Balaban J connectivity index is 2.80. The zero-order chi connectivity index (χ0) is 12.2. The van der Waals surface area contributed by atoms with Gasteiger partial charge in [0.15, 0.2) is 0 Å². The van der Waals surface area contributed by atoms with Gasteiger partial charge in [-0.2, -0.15) is 13.2 Å². The van der Waals surface area contributed by atoms with Crippen LogP contribution in [0.15, 0.2) is 24.3 Å². The van der Waals surface area contributed by atoms with Crippen LogP contribution >= 0.6 is 0 Å². The van der Waals surface area contributed by atoms with Crippen LogP contribution in [0.2, 0.25) is 0 Å². The second-order valence-corrected chi connectivity index (χ2v) is 3.14. The molecule has 1 rings (SSSR count). The van der Waals surface area contributed by atoms with Crippen molar-refractivity contribution in [2.75, 3.05) is 13.2 Å². The van der Waals surface area contributed by atoms with Gasteiger partial charge in [0.25, 0.3) is 0 Å². The summed E-state index contributed by atoms with van der Waals surface area (Å²) < 4.78 is 42.2. The number of hydrogen-bond acceptors (Lipinski definition) is 3. The molecule has 3 nitrogen and oxygen atoms in total. The topological polar surface area (TPSA) is 49.7 Å². The molecule has 0 radical (unpaired) electrons. The van der Waals surface area contributed by atoms with Gasteiger partial charge >= 0.3 is 6.18 Å². The van der Waals surface area contributed by atoms with Crippen LogP contribution < -0.4 is 4.74 Å². The van der Waals surface area contributed by atoms with Crippen molar-refractivity contribution in [2.24, 2.45) is 0 Å². The van der Waals surface area contributed by atoms with Gasteiger partial charge in [0, 0.05) is 0 Å². The average Bonchev–Trinajstić information content (AvgIpc) is 2.25. The highest BCUT2D eigenvalue weighted by Gasteiger charge is 2.34. The molecular weight excluding hydrogens is 225 g/mol. The normalized spacial score (nSPS) is 13.6. The van der Waals surface area contributed by atoms with Crippen LogP contribution in [0.5, 0.6) is 5.75 Å². The van der Waals surface area contributed by atoms with E-state index in [1.54, 1.807) is 0 Å². The second kappa shape index (κ2) is 5.18. The summed E-state index contributed by atoms with van der Waals surface area (Å²) in [5.41, 5.74) is -0.903. The Labute approximate surface area is 90.1 Å². The fraction of sp³-hybridized carbons (Fsp3) is 0.400. The molecule has 0 aliphatic heterocycles. The third-order valence-corrected chi connectivity index (χ3v) is 1.83. The van der Waals surface area contributed by atoms with E-state index in [4.69, 9.17) is 14.9 Å². The average molecular weight is 236 g/mol. The Kier molecular flexibility index (Phi) is 4.14. The van der Waals surface area contributed by atoms with Crippen LogP contribution in [-0.2, 0) is 6.18 Å². The van der Waals surface area contributed by atoms with Crippen LogP contribution in [0.1, 0.15) is 5.56 Å². The number of alkyl halides is 3. The number of hydrogen-bond donors (Lipinski definition) is 2. The zero-order valence-electron chi connectivity index (χ0n) is 8.24. The molecule has 1 unspecified atom stereocenters. The van der Waals surface area contributed by atoms with Crippen molar-refractivity contribution < 1.29 is 28.1 Å². The van der Waals surface area contributed by atoms with Gasteiger partial charge in [-0.05, 0) is 12.1 Å². The van der Waals surface area contributed by atoms with Gasteiger partial charge in [-0.3, -0.25) is 0 Å². The summed E-state index contributed by atoms with van der Waals surface area (Å²) in [5, 5.41) is 17.4. The first-order valence-corrected chi connectivity index (χ1v) is 4.53. The Morgan fingerprint density at radius 3 is 2.44 bits per heavy atom. The molecule has 6 heteroatoms. The van der Waals surface area contributed by atoms with Crippen LogP contribution in [0.4, 0.5) is 13.2 Å². The number of rotatable bonds is 4. The van der Waals surface area contributed by atoms with Crippen LogP contribution in [0, 0.1) is 0 Å². The highest BCUT2D eigenvalue weighted by atomic mass is 19.4. The van der Waals surface area contributed by atoms with Gasteiger partial charge in [0.1, 0.15) is 18.5 Å². The molecule has 90 valence electrons. The quantitative estimate of drug-likeness (QED) is 0.831. The number of halogens is 3. The highest BCUT2D eigenvalue weighted by Crippen LogP contribution is 2.35. The molecule has 0 aliphatic carbocycles. The van der Waals surface area contributed by atoms with Crippen molar-refractivity contribution in [2.45, 2.75) is 12.3 Å². The monoisotopic (exact) mass is 236 g/mol. The van der Waals surface area contributed by atoms with Gasteiger partial charge in [-0.15, -0.1) is 0 Å². The van der Waals surface area contributed by atoms with E-state index in [0.717, 1.165) is 12.1 Å². The van der Waals surface area contributed by atoms with Gasteiger partial charge in [-0.25, -0.2) is 0 Å². The van der Waals surface area contributed by atoms with Crippen molar-refractivity contribution in [1.29, 1.82) is 0 Å². The van der Waals surface area contributed by atoms with E-state index in [9.17, 15) is 13.2 Å². The van der Waals surface area contributed by atoms with Gasteiger partial charge in [0.2, 0.25) is 0 Å².